The fourth-order valence-electron chi connectivity index (χ4n) is 6.42. The largest absolute Gasteiger partial charge is 0.471 e. The lowest BCUT2D eigenvalue weighted by atomic mass is 10.1. The number of nitrogens with one attached hydrogen (secondary N) is 1. The summed E-state index contributed by atoms with van der Waals surface area (Å²) in [5, 5.41) is 7.74. The van der Waals surface area contributed by atoms with Gasteiger partial charge in [0.2, 0.25) is 5.89 Å². The Bertz CT molecular complexity index is 2430. The third-order valence-corrected chi connectivity index (χ3v) is 9.83. The monoisotopic (exact) mass is 917 g/mol. The molecular weight excluding hydrogens is 878 g/mol. The standard InChI is InChI=1S/C22H21F4N3O4.C21H18F4N4O3/c23-18-12-15(19(30)13-27-20(31)22(24,25)26)6-7-16(18)14-29(17-4-2-1-3-5-17)21(32)28-8-10-33-11-9-28;22-17-12-14(18-26-27-19(32-18)21(23,24)25)6-7-15(17)13-29(16-4-2-1-3-5-16)20(30)28-8-10-31-11-9-28/h1-7,12H,8-11,13-14H2,(H,27,31);1-7,12H,8-11,13H2. The third kappa shape index (κ3) is 12.6. The molecule has 1 N–H and O–H groups in total. The first-order chi connectivity index (χ1) is 31.0. The van der Waals surface area contributed by atoms with Crippen LogP contribution in [0.15, 0.2) is 101 Å². The van der Waals surface area contributed by atoms with Gasteiger partial charge in [0.05, 0.1) is 46.1 Å². The van der Waals surface area contributed by atoms with Crippen molar-refractivity contribution in [3.05, 3.63) is 131 Å². The highest BCUT2D eigenvalue weighted by atomic mass is 19.4. The fraction of sp³-hybridized carbons (Fsp3) is 0.302. The second-order valence-electron chi connectivity index (χ2n) is 14.2. The van der Waals surface area contributed by atoms with Crippen molar-refractivity contribution < 1.29 is 68.2 Å². The number of Topliss-reactive ketones (excluding diaryl/α,β-unsaturated/α-hetero) is 1. The lowest BCUT2D eigenvalue weighted by Gasteiger charge is -2.33. The van der Waals surface area contributed by atoms with Crippen molar-refractivity contribution in [1.29, 1.82) is 0 Å². The number of nitrogens with zero attached hydrogens (tertiary/aromatic N) is 6. The van der Waals surface area contributed by atoms with Gasteiger partial charge in [0.1, 0.15) is 11.6 Å². The van der Waals surface area contributed by atoms with Crippen LogP contribution in [0.1, 0.15) is 27.4 Å². The van der Waals surface area contributed by atoms with E-state index in [1.807, 2.05) is 0 Å². The number of hydrogen-bond donors (Lipinski definition) is 1. The summed E-state index contributed by atoms with van der Waals surface area (Å²) >= 11 is 0. The minimum Gasteiger partial charge on any atom is -0.413 e. The van der Waals surface area contributed by atoms with Crippen molar-refractivity contribution >= 4 is 35.1 Å². The van der Waals surface area contributed by atoms with Crippen LogP contribution in [0.25, 0.3) is 11.5 Å². The summed E-state index contributed by atoms with van der Waals surface area (Å²) < 4.78 is 120. The van der Waals surface area contributed by atoms with Crippen molar-refractivity contribution in [2.24, 2.45) is 0 Å². The number of hydrogen-bond acceptors (Lipinski definition) is 9. The molecule has 3 heterocycles. The van der Waals surface area contributed by atoms with Gasteiger partial charge in [-0.25, -0.2) is 18.4 Å². The number of halogens is 8. The highest BCUT2D eigenvalue weighted by molar-refractivity contribution is 6.00. The predicted octanol–water partition coefficient (Wildman–Crippen LogP) is 7.50. The quantitative estimate of drug-likeness (QED) is 0.111. The number of benzene rings is 4. The van der Waals surface area contributed by atoms with E-state index in [0.717, 1.165) is 12.1 Å². The molecule has 0 atom stereocenters. The SMILES string of the molecule is O=C(CNC(=O)C(F)(F)F)c1ccc(CN(C(=O)N2CCOCC2)c2ccccc2)c(F)c1.O=C(N1CCOCC1)N(Cc1ccc(-c2nnc(C(F)(F)F)o2)cc1F)c1ccccc1. The van der Waals surface area contributed by atoms with E-state index in [0.29, 0.717) is 64.0 Å². The van der Waals surface area contributed by atoms with Gasteiger partial charge in [0.25, 0.3) is 0 Å². The summed E-state index contributed by atoms with van der Waals surface area (Å²) in [5.41, 5.74) is 1.21. The van der Waals surface area contributed by atoms with Gasteiger partial charge in [-0.05, 0) is 42.5 Å². The van der Waals surface area contributed by atoms with Crippen LogP contribution in [0.2, 0.25) is 0 Å². The molecule has 5 amide bonds. The Morgan fingerprint density at radius 1 is 0.631 bits per heavy atom. The summed E-state index contributed by atoms with van der Waals surface area (Å²) in [6.07, 6.45) is -9.91. The van der Waals surface area contributed by atoms with E-state index in [2.05, 4.69) is 14.6 Å². The van der Waals surface area contributed by atoms with E-state index in [1.54, 1.807) is 70.5 Å². The van der Waals surface area contributed by atoms with E-state index >= 15 is 0 Å². The van der Waals surface area contributed by atoms with E-state index < -0.39 is 54.0 Å². The molecule has 2 aliphatic rings. The number of morpholine rings is 2. The van der Waals surface area contributed by atoms with Crippen LogP contribution in [0.5, 0.6) is 0 Å². The first-order valence-corrected chi connectivity index (χ1v) is 19.7. The third-order valence-electron chi connectivity index (χ3n) is 9.83. The number of carbonyl (C=O) groups is 4. The summed E-state index contributed by atoms with van der Waals surface area (Å²) in [6, 6.07) is 24.0. The van der Waals surface area contributed by atoms with E-state index in [9.17, 15) is 54.3 Å². The van der Waals surface area contributed by atoms with E-state index in [-0.39, 0.29) is 47.4 Å². The van der Waals surface area contributed by atoms with Crippen LogP contribution in [-0.4, -0.2) is 109 Å². The zero-order chi connectivity index (χ0) is 46.7. The zero-order valence-corrected chi connectivity index (χ0v) is 34.1. The van der Waals surface area contributed by atoms with Gasteiger partial charge < -0.3 is 29.0 Å². The molecule has 0 bridgehead atoms. The van der Waals surface area contributed by atoms with E-state index in [4.69, 9.17) is 9.47 Å². The number of ether oxygens (including phenoxy) is 2. The van der Waals surface area contributed by atoms with Gasteiger partial charge in [-0.1, -0.05) is 54.6 Å². The lowest BCUT2D eigenvalue weighted by Crippen LogP contribution is -2.48. The molecule has 2 saturated heterocycles. The van der Waals surface area contributed by atoms with Gasteiger partial charge in [0.15, 0.2) is 5.78 Å². The van der Waals surface area contributed by atoms with Crippen molar-refractivity contribution in [1.82, 2.24) is 25.3 Å². The molecule has 344 valence electrons. The van der Waals surface area contributed by atoms with Gasteiger partial charge in [-0.2, -0.15) is 26.3 Å². The molecular formula is C43H39F8N7O7. The normalized spacial score (nSPS) is 14.2. The molecule has 0 spiro atoms. The van der Waals surface area contributed by atoms with Crippen LogP contribution < -0.4 is 15.1 Å². The van der Waals surface area contributed by atoms with Crippen molar-refractivity contribution in [2.75, 3.05) is 69.0 Å². The topological polar surface area (TPSA) is 151 Å². The van der Waals surface area contributed by atoms with E-state index in [1.165, 1.54) is 39.4 Å². The molecule has 22 heteroatoms. The summed E-state index contributed by atoms with van der Waals surface area (Å²) in [4.78, 5) is 55.2. The average molecular weight is 918 g/mol. The number of rotatable bonds is 10. The van der Waals surface area contributed by atoms with Gasteiger partial charge in [-0.3, -0.25) is 19.4 Å². The maximum absolute atomic E-state index is 14.9. The van der Waals surface area contributed by atoms with Crippen LogP contribution in [0, 0.1) is 11.6 Å². The smallest absolute Gasteiger partial charge is 0.413 e. The molecule has 0 saturated carbocycles. The Morgan fingerprint density at radius 2 is 1.11 bits per heavy atom. The number of anilines is 2. The highest BCUT2D eigenvalue weighted by Crippen LogP contribution is 2.31. The zero-order valence-electron chi connectivity index (χ0n) is 34.1. The Labute approximate surface area is 365 Å². The Kier molecular flexibility index (Phi) is 15.5. The molecule has 0 aliphatic carbocycles. The number of ketones is 1. The Balaban J connectivity index is 0.000000215. The fourth-order valence-corrected chi connectivity index (χ4v) is 6.42. The van der Waals surface area contributed by atoms with Gasteiger partial charge in [0, 0.05) is 59.8 Å². The number of alkyl halides is 6. The molecule has 65 heavy (non-hydrogen) atoms. The first-order valence-electron chi connectivity index (χ1n) is 19.7. The molecule has 7 rings (SSSR count). The first kappa shape index (κ1) is 47.5. The summed E-state index contributed by atoms with van der Waals surface area (Å²) in [5.74, 6) is -6.63. The van der Waals surface area contributed by atoms with Crippen LogP contribution in [-0.2, 0) is 33.5 Å². The lowest BCUT2D eigenvalue weighted by molar-refractivity contribution is -0.173. The molecule has 0 unspecified atom stereocenters. The number of amides is 5. The average Bonchev–Trinajstić information content (AvgIpc) is 3.82. The minimum atomic E-state index is -5.12. The number of urea groups is 2. The summed E-state index contributed by atoms with van der Waals surface area (Å²) in [6.45, 7) is 2.10. The molecule has 2 aliphatic heterocycles. The molecule has 2 fully saturated rings. The maximum atomic E-state index is 14.9. The van der Waals surface area contributed by atoms with Crippen LogP contribution >= 0.6 is 0 Å². The summed E-state index contributed by atoms with van der Waals surface area (Å²) in [7, 11) is 0. The highest BCUT2D eigenvalue weighted by Gasteiger charge is 2.39. The second kappa shape index (κ2) is 21.2. The number of aromatic nitrogens is 2. The maximum Gasteiger partial charge on any atom is 0.471 e. The molecule has 0 radical (unpaired) electrons. The second-order valence-corrected chi connectivity index (χ2v) is 14.2. The number of para-hydroxylation sites is 2. The molecule has 14 nitrogen and oxygen atoms in total. The predicted molar refractivity (Wildman–Crippen MR) is 215 cm³/mol. The molecule has 5 aromatic rings. The van der Waals surface area contributed by atoms with Gasteiger partial charge >= 0.3 is 36.2 Å². The minimum absolute atomic E-state index is 0.0000157. The van der Waals surface area contributed by atoms with Crippen LogP contribution in [0.4, 0.5) is 56.1 Å². The number of carbonyl (C=O) groups excluding carboxylic acids is 4. The Morgan fingerprint density at radius 3 is 1.54 bits per heavy atom. The van der Waals surface area contributed by atoms with Gasteiger partial charge in [-0.15, -0.1) is 10.2 Å². The molecule has 1 aromatic heterocycles. The van der Waals surface area contributed by atoms with Crippen molar-refractivity contribution in [2.45, 2.75) is 25.4 Å². The Hall–Kier alpha value is -6.94. The van der Waals surface area contributed by atoms with Crippen LogP contribution in [0.3, 0.4) is 0 Å². The van der Waals surface area contributed by atoms with Crippen molar-refractivity contribution in [3.63, 3.8) is 0 Å². The molecule has 4 aromatic carbocycles. The van der Waals surface area contributed by atoms with Crippen molar-refractivity contribution in [3.8, 4) is 11.5 Å².